The van der Waals surface area contributed by atoms with Crippen LogP contribution in [-0.4, -0.2) is 23.6 Å². The molecule has 0 fully saturated rings. The second kappa shape index (κ2) is 7.76. The van der Waals surface area contributed by atoms with Crippen LogP contribution in [0.15, 0.2) is 65.7 Å². The maximum absolute atomic E-state index is 4.71. The molecule has 5 nitrogen and oxygen atoms in total. The zero-order chi connectivity index (χ0) is 17.8. The van der Waals surface area contributed by atoms with Crippen LogP contribution in [0.2, 0.25) is 0 Å². The van der Waals surface area contributed by atoms with Gasteiger partial charge in [-0.2, -0.15) is 4.98 Å². The van der Waals surface area contributed by atoms with Gasteiger partial charge in [-0.15, -0.1) is 0 Å². The smallest absolute Gasteiger partial charge is 0.229 e. The molecule has 26 heavy (non-hydrogen) atoms. The van der Waals surface area contributed by atoms with Crippen LogP contribution in [0.4, 0.5) is 17.5 Å². The summed E-state index contributed by atoms with van der Waals surface area (Å²) >= 11 is 1.59. The quantitative estimate of drug-likeness (QED) is 0.668. The van der Waals surface area contributed by atoms with Gasteiger partial charge in [0.15, 0.2) is 0 Å². The van der Waals surface area contributed by atoms with Gasteiger partial charge in [0.05, 0.1) is 0 Å². The maximum Gasteiger partial charge on any atom is 0.229 e. The van der Waals surface area contributed by atoms with Crippen LogP contribution in [0.3, 0.4) is 0 Å². The predicted octanol–water partition coefficient (Wildman–Crippen LogP) is 4.01. The number of anilines is 3. The lowest BCUT2D eigenvalue weighted by atomic mass is 10.00. The normalized spacial score (nSPS) is 13.3. The average Bonchev–Trinajstić information content (AvgIpc) is 2.69. The molecule has 2 heterocycles. The molecule has 0 unspecified atom stereocenters. The minimum Gasteiger partial charge on any atom is -0.352 e. The summed E-state index contributed by atoms with van der Waals surface area (Å²) in [5.74, 6) is 1.58. The molecule has 0 spiro atoms. The minimum atomic E-state index is 0.621. The fourth-order valence-electron chi connectivity index (χ4n) is 3.13. The SMILES string of the molecule is CNSc1ccc(Nc2nccc(N3CCc4ccccc4C3)n2)cc1. The topological polar surface area (TPSA) is 53.1 Å². The van der Waals surface area contributed by atoms with Crippen LogP contribution in [0.5, 0.6) is 0 Å². The number of benzene rings is 2. The van der Waals surface area contributed by atoms with Crippen LogP contribution in [0.25, 0.3) is 0 Å². The lowest BCUT2D eigenvalue weighted by Gasteiger charge is -2.29. The Labute approximate surface area is 158 Å². The zero-order valence-corrected chi connectivity index (χ0v) is 15.5. The van der Waals surface area contributed by atoms with Crippen LogP contribution in [0.1, 0.15) is 11.1 Å². The third kappa shape index (κ3) is 3.81. The van der Waals surface area contributed by atoms with E-state index < -0.39 is 0 Å². The third-order valence-corrected chi connectivity index (χ3v) is 5.14. The molecule has 0 radical (unpaired) electrons. The van der Waals surface area contributed by atoms with Gasteiger partial charge in [-0.25, -0.2) is 4.98 Å². The first kappa shape index (κ1) is 16.9. The van der Waals surface area contributed by atoms with E-state index in [1.54, 1.807) is 11.9 Å². The Bertz CT molecular complexity index is 881. The zero-order valence-electron chi connectivity index (χ0n) is 14.6. The maximum atomic E-state index is 4.71. The molecule has 1 aromatic heterocycles. The molecule has 0 bridgehead atoms. The van der Waals surface area contributed by atoms with Crippen molar-refractivity contribution in [2.75, 3.05) is 23.8 Å². The van der Waals surface area contributed by atoms with E-state index in [1.807, 2.05) is 31.4 Å². The van der Waals surface area contributed by atoms with Crippen molar-refractivity contribution in [3.63, 3.8) is 0 Å². The predicted molar refractivity (Wildman–Crippen MR) is 108 cm³/mol. The van der Waals surface area contributed by atoms with Gasteiger partial charge < -0.3 is 10.2 Å². The van der Waals surface area contributed by atoms with Crippen molar-refractivity contribution in [3.8, 4) is 0 Å². The monoisotopic (exact) mass is 363 g/mol. The first-order valence-corrected chi connectivity index (χ1v) is 9.49. The van der Waals surface area contributed by atoms with Gasteiger partial charge in [-0.1, -0.05) is 24.3 Å². The van der Waals surface area contributed by atoms with Crippen molar-refractivity contribution in [3.05, 3.63) is 71.9 Å². The van der Waals surface area contributed by atoms with E-state index in [0.29, 0.717) is 5.95 Å². The van der Waals surface area contributed by atoms with Crippen LogP contribution in [-0.2, 0) is 13.0 Å². The number of aromatic nitrogens is 2. The molecule has 6 heteroatoms. The number of rotatable bonds is 5. The molecule has 3 aromatic rings. The molecule has 0 amide bonds. The lowest BCUT2D eigenvalue weighted by molar-refractivity contribution is 0.720. The van der Waals surface area contributed by atoms with E-state index in [2.05, 4.69) is 56.3 Å². The van der Waals surface area contributed by atoms with E-state index in [1.165, 1.54) is 16.0 Å². The van der Waals surface area contributed by atoms with Gasteiger partial charge in [0, 0.05) is 29.9 Å². The van der Waals surface area contributed by atoms with Gasteiger partial charge in [0.25, 0.3) is 0 Å². The molecule has 2 N–H and O–H groups in total. The Balaban J connectivity index is 1.48. The molecule has 1 aliphatic rings. The summed E-state index contributed by atoms with van der Waals surface area (Å²) in [7, 11) is 1.91. The van der Waals surface area contributed by atoms with Crippen molar-refractivity contribution < 1.29 is 0 Å². The Kier molecular flexibility index (Phi) is 5.04. The van der Waals surface area contributed by atoms with E-state index in [9.17, 15) is 0 Å². The molecule has 2 aromatic carbocycles. The van der Waals surface area contributed by atoms with Gasteiger partial charge in [-0.3, -0.25) is 4.72 Å². The standard InChI is InChI=1S/C20H21N5S/c1-21-26-18-8-6-17(7-9-18)23-20-22-12-10-19(24-20)25-13-11-15-4-2-3-5-16(15)14-25/h2-10,12,21H,11,13-14H2,1H3,(H,22,23,24). The van der Waals surface area contributed by atoms with Gasteiger partial charge in [0.1, 0.15) is 5.82 Å². The molecule has 132 valence electrons. The van der Waals surface area contributed by atoms with Crippen LogP contribution >= 0.6 is 11.9 Å². The van der Waals surface area contributed by atoms with Crippen molar-refractivity contribution in [2.24, 2.45) is 0 Å². The Morgan fingerprint density at radius 1 is 1.00 bits per heavy atom. The van der Waals surface area contributed by atoms with Crippen molar-refractivity contribution in [1.29, 1.82) is 0 Å². The Morgan fingerprint density at radius 3 is 2.62 bits per heavy atom. The van der Waals surface area contributed by atoms with Gasteiger partial charge in [0.2, 0.25) is 5.95 Å². The molecule has 0 saturated heterocycles. The summed E-state index contributed by atoms with van der Waals surface area (Å²) in [4.78, 5) is 12.5. The number of hydrogen-bond donors (Lipinski definition) is 2. The van der Waals surface area contributed by atoms with Gasteiger partial charge >= 0.3 is 0 Å². The first-order chi connectivity index (χ1) is 12.8. The summed E-state index contributed by atoms with van der Waals surface area (Å²) in [6.07, 6.45) is 2.87. The van der Waals surface area contributed by atoms with Crippen LogP contribution < -0.4 is 14.9 Å². The van der Waals surface area contributed by atoms with Gasteiger partial charge in [-0.05, 0) is 66.9 Å². The largest absolute Gasteiger partial charge is 0.352 e. The second-order valence-electron chi connectivity index (χ2n) is 6.13. The highest BCUT2D eigenvalue weighted by molar-refractivity contribution is 7.97. The summed E-state index contributed by atoms with van der Waals surface area (Å²) in [6.45, 7) is 1.87. The van der Waals surface area contributed by atoms with Crippen molar-refractivity contribution >= 4 is 29.4 Å². The fourth-order valence-corrected chi connectivity index (χ4v) is 3.64. The summed E-state index contributed by atoms with van der Waals surface area (Å²) in [5, 5.41) is 3.29. The molecule has 1 aliphatic heterocycles. The second-order valence-corrected chi connectivity index (χ2v) is 7.22. The average molecular weight is 363 g/mol. The van der Waals surface area contributed by atoms with E-state index in [4.69, 9.17) is 4.98 Å². The van der Waals surface area contributed by atoms with E-state index >= 15 is 0 Å². The Morgan fingerprint density at radius 2 is 1.81 bits per heavy atom. The van der Waals surface area contributed by atoms with Crippen LogP contribution in [0, 0.1) is 0 Å². The number of fused-ring (bicyclic) bond motifs is 1. The highest BCUT2D eigenvalue weighted by Gasteiger charge is 2.17. The number of nitrogens with zero attached hydrogens (tertiary/aromatic N) is 3. The molecule has 0 saturated carbocycles. The number of nitrogens with one attached hydrogen (secondary N) is 2. The Hall–Kier alpha value is -2.57. The molecule has 0 aliphatic carbocycles. The highest BCUT2D eigenvalue weighted by atomic mass is 32.2. The third-order valence-electron chi connectivity index (χ3n) is 4.43. The molecular weight excluding hydrogens is 342 g/mol. The highest BCUT2D eigenvalue weighted by Crippen LogP contribution is 2.24. The molecule has 0 atom stereocenters. The van der Waals surface area contributed by atoms with Crippen molar-refractivity contribution in [1.82, 2.24) is 14.7 Å². The lowest BCUT2D eigenvalue weighted by Crippen LogP contribution is -2.31. The summed E-state index contributed by atoms with van der Waals surface area (Å²) in [5.41, 5.74) is 3.80. The summed E-state index contributed by atoms with van der Waals surface area (Å²) < 4.78 is 3.07. The van der Waals surface area contributed by atoms with E-state index in [-0.39, 0.29) is 0 Å². The molecular formula is C20H21N5S. The minimum absolute atomic E-state index is 0.621. The van der Waals surface area contributed by atoms with Crippen molar-refractivity contribution in [2.45, 2.75) is 17.9 Å². The summed E-state index contributed by atoms with van der Waals surface area (Å²) in [6, 6.07) is 18.8. The molecule has 4 rings (SSSR count). The van der Waals surface area contributed by atoms with E-state index in [0.717, 1.165) is 31.0 Å². The fraction of sp³-hybridized carbons (Fsp3) is 0.200. The number of hydrogen-bond acceptors (Lipinski definition) is 6. The first-order valence-electron chi connectivity index (χ1n) is 8.67.